The van der Waals surface area contributed by atoms with Crippen molar-refractivity contribution in [2.75, 3.05) is 13.7 Å². The molecule has 0 saturated carbocycles. The number of esters is 1. The standard InChI is InChI=1S/C13H14F2O4/c1-17-13-11(15)10(14)9(19-13)7-18-12(16)8-5-3-2-4-6-8/h2-6,9-11,13H,7H2,1H3/t9-,10-,11+,13+/m1/s1. The number of alkyl halides is 2. The molecule has 6 heteroatoms. The van der Waals surface area contributed by atoms with E-state index in [4.69, 9.17) is 9.47 Å². The van der Waals surface area contributed by atoms with Gasteiger partial charge in [-0.1, -0.05) is 18.2 Å². The van der Waals surface area contributed by atoms with E-state index in [1.54, 1.807) is 30.3 Å². The lowest BCUT2D eigenvalue weighted by Crippen LogP contribution is -2.29. The highest BCUT2D eigenvalue weighted by Crippen LogP contribution is 2.27. The molecule has 1 heterocycles. The topological polar surface area (TPSA) is 44.8 Å². The predicted molar refractivity (Wildman–Crippen MR) is 62.2 cm³/mol. The minimum atomic E-state index is -1.87. The Bertz CT molecular complexity index is 426. The van der Waals surface area contributed by atoms with Crippen LogP contribution in [0.3, 0.4) is 0 Å². The molecule has 1 saturated heterocycles. The smallest absolute Gasteiger partial charge is 0.338 e. The highest BCUT2D eigenvalue weighted by atomic mass is 19.2. The van der Waals surface area contributed by atoms with E-state index in [0.717, 1.165) is 0 Å². The Balaban J connectivity index is 1.88. The van der Waals surface area contributed by atoms with Crippen molar-refractivity contribution in [3.63, 3.8) is 0 Å². The zero-order valence-electron chi connectivity index (χ0n) is 10.3. The molecule has 4 atom stereocenters. The minimum Gasteiger partial charge on any atom is -0.459 e. The first-order chi connectivity index (χ1) is 9.13. The lowest BCUT2D eigenvalue weighted by molar-refractivity contribution is -0.141. The molecule has 1 aromatic carbocycles. The quantitative estimate of drug-likeness (QED) is 0.785. The number of ether oxygens (including phenoxy) is 3. The fourth-order valence-electron chi connectivity index (χ4n) is 1.81. The van der Waals surface area contributed by atoms with Crippen LogP contribution in [0.15, 0.2) is 30.3 Å². The molecule has 0 radical (unpaired) electrons. The number of methoxy groups -OCH3 is 1. The van der Waals surface area contributed by atoms with Crippen LogP contribution >= 0.6 is 0 Å². The third kappa shape index (κ3) is 3.08. The molecule has 1 aliphatic heterocycles. The summed E-state index contributed by atoms with van der Waals surface area (Å²) < 4.78 is 41.3. The van der Waals surface area contributed by atoms with Gasteiger partial charge in [-0.3, -0.25) is 0 Å². The number of carbonyl (C=O) groups is 1. The summed E-state index contributed by atoms with van der Waals surface area (Å²) in [5.41, 5.74) is 0.344. The summed E-state index contributed by atoms with van der Waals surface area (Å²) in [6.45, 7) is -0.352. The van der Waals surface area contributed by atoms with Gasteiger partial charge in [-0.25, -0.2) is 13.6 Å². The molecular weight excluding hydrogens is 258 g/mol. The monoisotopic (exact) mass is 272 g/mol. The molecule has 19 heavy (non-hydrogen) atoms. The van der Waals surface area contributed by atoms with Gasteiger partial charge in [-0.2, -0.15) is 0 Å². The molecule has 0 N–H and O–H groups in total. The first-order valence-electron chi connectivity index (χ1n) is 5.82. The molecule has 4 nitrogen and oxygen atoms in total. The molecule has 1 aromatic rings. The van der Waals surface area contributed by atoms with Crippen LogP contribution in [0.4, 0.5) is 8.78 Å². The summed E-state index contributed by atoms with van der Waals surface area (Å²) in [4.78, 5) is 11.6. The second kappa shape index (κ2) is 6.08. The largest absolute Gasteiger partial charge is 0.459 e. The van der Waals surface area contributed by atoms with Crippen LogP contribution in [0, 0.1) is 0 Å². The number of rotatable bonds is 4. The van der Waals surface area contributed by atoms with Crippen molar-refractivity contribution in [3.8, 4) is 0 Å². The van der Waals surface area contributed by atoms with E-state index >= 15 is 0 Å². The van der Waals surface area contributed by atoms with Crippen molar-refractivity contribution >= 4 is 5.97 Å². The summed E-state index contributed by atoms with van der Waals surface area (Å²) in [6.07, 6.45) is -6.14. The van der Waals surface area contributed by atoms with E-state index < -0.39 is 30.7 Å². The van der Waals surface area contributed by atoms with Gasteiger partial charge in [0.1, 0.15) is 12.7 Å². The average Bonchev–Trinajstić information content (AvgIpc) is 2.73. The van der Waals surface area contributed by atoms with Crippen molar-refractivity contribution in [2.45, 2.75) is 24.7 Å². The highest BCUT2D eigenvalue weighted by molar-refractivity contribution is 5.89. The lowest BCUT2D eigenvalue weighted by Gasteiger charge is -2.13. The van der Waals surface area contributed by atoms with E-state index in [-0.39, 0.29) is 6.61 Å². The molecule has 1 aliphatic rings. The van der Waals surface area contributed by atoms with E-state index in [9.17, 15) is 13.6 Å². The number of carbonyl (C=O) groups excluding carboxylic acids is 1. The summed E-state index contributed by atoms with van der Waals surface area (Å²) in [5.74, 6) is -0.604. The Labute approximate surface area is 109 Å². The molecule has 0 bridgehead atoms. The SMILES string of the molecule is CO[C@H]1O[C@H](COC(=O)c2ccccc2)[C@@H](F)[C@@H]1F. The van der Waals surface area contributed by atoms with Crippen LogP contribution in [-0.4, -0.2) is 44.4 Å². The third-order valence-electron chi connectivity index (χ3n) is 2.85. The van der Waals surface area contributed by atoms with Gasteiger partial charge in [0, 0.05) is 7.11 Å². The maximum Gasteiger partial charge on any atom is 0.338 e. The Morgan fingerprint density at radius 1 is 1.26 bits per heavy atom. The van der Waals surface area contributed by atoms with Crippen LogP contribution in [0.25, 0.3) is 0 Å². The summed E-state index contributed by atoms with van der Waals surface area (Å²) in [6, 6.07) is 8.26. The Hall–Kier alpha value is -1.53. The minimum absolute atomic E-state index is 0.344. The fourth-order valence-corrected chi connectivity index (χ4v) is 1.81. The molecule has 0 aliphatic carbocycles. The maximum absolute atomic E-state index is 13.5. The van der Waals surface area contributed by atoms with Gasteiger partial charge in [0.2, 0.25) is 0 Å². The molecule has 1 fully saturated rings. The third-order valence-corrected chi connectivity index (χ3v) is 2.85. The van der Waals surface area contributed by atoms with Crippen LogP contribution in [0.2, 0.25) is 0 Å². The summed E-state index contributed by atoms with van der Waals surface area (Å²) in [5, 5.41) is 0. The number of halogens is 2. The molecule has 0 amide bonds. The predicted octanol–water partition coefficient (Wildman–Crippen LogP) is 1.89. The van der Waals surface area contributed by atoms with Gasteiger partial charge in [0.05, 0.1) is 5.56 Å². The van der Waals surface area contributed by atoms with Crippen molar-refractivity contribution in [1.29, 1.82) is 0 Å². The molecule has 0 spiro atoms. The van der Waals surface area contributed by atoms with Gasteiger partial charge in [-0.05, 0) is 12.1 Å². The lowest BCUT2D eigenvalue weighted by atomic mass is 10.2. The molecule has 2 rings (SSSR count). The summed E-state index contributed by atoms with van der Waals surface area (Å²) in [7, 11) is 1.22. The van der Waals surface area contributed by atoms with Crippen molar-refractivity contribution in [2.24, 2.45) is 0 Å². The zero-order chi connectivity index (χ0) is 13.8. The first kappa shape index (κ1) is 13.9. The first-order valence-corrected chi connectivity index (χ1v) is 5.82. The summed E-state index contributed by atoms with van der Waals surface area (Å²) >= 11 is 0. The van der Waals surface area contributed by atoms with E-state index in [2.05, 4.69) is 4.74 Å². The number of benzene rings is 1. The number of hydrogen-bond acceptors (Lipinski definition) is 4. The van der Waals surface area contributed by atoms with Gasteiger partial charge < -0.3 is 14.2 Å². The number of hydrogen-bond donors (Lipinski definition) is 0. The molecular formula is C13H14F2O4. The Kier molecular flexibility index (Phi) is 4.44. The van der Waals surface area contributed by atoms with Crippen LogP contribution in [-0.2, 0) is 14.2 Å². The van der Waals surface area contributed by atoms with Gasteiger partial charge >= 0.3 is 5.97 Å². The normalized spacial score (nSPS) is 30.3. The molecule has 0 unspecified atom stereocenters. The van der Waals surface area contributed by atoms with E-state index in [1.165, 1.54) is 7.11 Å². The molecule has 104 valence electrons. The van der Waals surface area contributed by atoms with Gasteiger partial charge in [0.15, 0.2) is 18.6 Å². The Morgan fingerprint density at radius 3 is 2.53 bits per heavy atom. The van der Waals surface area contributed by atoms with Crippen LogP contribution in [0.5, 0.6) is 0 Å². The maximum atomic E-state index is 13.5. The fraction of sp³-hybridized carbons (Fsp3) is 0.462. The van der Waals surface area contributed by atoms with Gasteiger partial charge in [0.25, 0.3) is 0 Å². The van der Waals surface area contributed by atoms with Crippen molar-refractivity contribution < 1.29 is 27.8 Å². The van der Waals surface area contributed by atoms with Crippen LogP contribution in [0.1, 0.15) is 10.4 Å². The second-order valence-corrected chi connectivity index (χ2v) is 4.13. The highest BCUT2D eigenvalue weighted by Gasteiger charge is 2.46. The second-order valence-electron chi connectivity index (χ2n) is 4.13. The van der Waals surface area contributed by atoms with Crippen LogP contribution < -0.4 is 0 Å². The van der Waals surface area contributed by atoms with E-state index in [0.29, 0.717) is 5.56 Å². The van der Waals surface area contributed by atoms with Gasteiger partial charge in [-0.15, -0.1) is 0 Å². The van der Waals surface area contributed by atoms with E-state index in [1.807, 2.05) is 0 Å². The van der Waals surface area contributed by atoms with Crippen molar-refractivity contribution in [3.05, 3.63) is 35.9 Å². The zero-order valence-corrected chi connectivity index (χ0v) is 10.3. The molecule has 0 aromatic heterocycles. The average molecular weight is 272 g/mol. The Morgan fingerprint density at radius 2 is 1.95 bits per heavy atom. The van der Waals surface area contributed by atoms with Crippen molar-refractivity contribution in [1.82, 2.24) is 0 Å².